The van der Waals surface area contributed by atoms with Crippen LogP contribution in [0.15, 0.2) is 57.3 Å². The van der Waals surface area contributed by atoms with Gasteiger partial charge >= 0.3 is 11.6 Å². The van der Waals surface area contributed by atoms with Crippen LogP contribution in [0.3, 0.4) is 0 Å². The standard InChI is InChI=1S/C21H16N2O5S/c1-12-17(24)5-4-16-14(7-19(26)28-20(12)16)10-27-18(25)8-15-11-29-21(23-15)13-3-2-6-22-9-13/h2-7,9,11,24H,8,10H2,1H3. The highest BCUT2D eigenvalue weighted by atomic mass is 32.1. The molecular weight excluding hydrogens is 392 g/mol. The van der Waals surface area contributed by atoms with Crippen molar-refractivity contribution in [1.82, 2.24) is 9.97 Å². The Morgan fingerprint density at radius 2 is 2.17 bits per heavy atom. The number of pyridine rings is 1. The second-order valence-corrected chi connectivity index (χ2v) is 7.26. The summed E-state index contributed by atoms with van der Waals surface area (Å²) in [4.78, 5) is 32.6. The van der Waals surface area contributed by atoms with E-state index in [0.717, 1.165) is 10.6 Å². The van der Waals surface area contributed by atoms with Crippen molar-refractivity contribution in [1.29, 1.82) is 0 Å². The van der Waals surface area contributed by atoms with Crippen molar-refractivity contribution in [3.05, 3.63) is 75.3 Å². The molecule has 8 heteroatoms. The van der Waals surface area contributed by atoms with Crippen molar-refractivity contribution in [3.63, 3.8) is 0 Å². The van der Waals surface area contributed by atoms with E-state index in [1.807, 2.05) is 17.5 Å². The molecule has 146 valence electrons. The van der Waals surface area contributed by atoms with Crippen LogP contribution >= 0.6 is 11.3 Å². The summed E-state index contributed by atoms with van der Waals surface area (Å²) in [5.41, 5.74) is 2.18. The van der Waals surface area contributed by atoms with Gasteiger partial charge in [0.2, 0.25) is 0 Å². The molecule has 0 radical (unpaired) electrons. The summed E-state index contributed by atoms with van der Waals surface area (Å²) < 4.78 is 10.5. The van der Waals surface area contributed by atoms with Gasteiger partial charge in [0, 0.05) is 45.9 Å². The molecule has 4 rings (SSSR count). The maximum absolute atomic E-state index is 12.3. The Balaban J connectivity index is 1.47. The first kappa shape index (κ1) is 18.8. The van der Waals surface area contributed by atoms with E-state index in [4.69, 9.17) is 9.15 Å². The number of hydrogen-bond acceptors (Lipinski definition) is 8. The van der Waals surface area contributed by atoms with E-state index in [2.05, 4.69) is 9.97 Å². The zero-order valence-corrected chi connectivity index (χ0v) is 16.2. The summed E-state index contributed by atoms with van der Waals surface area (Å²) in [6, 6.07) is 8.16. The van der Waals surface area contributed by atoms with Crippen LogP contribution in [0.4, 0.5) is 0 Å². The molecule has 29 heavy (non-hydrogen) atoms. The average Bonchev–Trinajstić information content (AvgIpc) is 3.18. The molecule has 3 aromatic heterocycles. The molecule has 0 aliphatic carbocycles. The molecule has 0 saturated heterocycles. The Bertz CT molecular complexity index is 1250. The van der Waals surface area contributed by atoms with Crippen LogP contribution < -0.4 is 5.63 Å². The predicted molar refractivity (Wildman–Crippen MR) is 108 cm³/mol. The Labute approximate surface area is 169 Å². The van der Waals surface area contributed by atoms with Crippen LogP contribution in [0.5, 0.6) is 5.75 Å². The molecule has 0 aliphatic rings. The molecule has 1 aromatic carbocycles. The van der Waals surface area contributed by atoms with E-state index in [9.17, 15) is 14.7 Å². The first-order valence-corrected chi connectivity index (χ1v) is 9.65. The summed E-state index contributed by atoms with van der Waals surface area (Å²) in [6.07, 6.45) is 3.43. The van der Waals surface area contributed by atoms with Crippen LogP contribution in [-0.4, -0.2) is 21.0 Å². The fourth-order valence-electron chi connectivity index (χ4n) is 2.90. The van der Waals surface area contributed by atoms with Crippen molar-refractivity contribution in [2.45, 2.75) is 20.0 Å². The largest absolute Gasteiger partial charge is 0.508 e. The molecule has 0 amide bonds. The quantitative estimate of drug-likeness (QED) is 0.397. The third kappa shape index (κ3) is 4.02. The van der Waals surface area contributed by atoms with Crippen LogP contribution in [-0.2, 0) is 22.6 Å². The molecular formula is C21H16N2O5S. The number of rotatable bonds is 5. The molecule has 0 saturated carbocycles. The fraction of sp³-hybridized carbons (Fsp3) is 0.143. The van der Waals surface area contributed by atoms with Crippen molar-refractivity contribution >= 4 is 28.3 Å². The minimum absolute atomic E-state index is 0.0238. The highest BCUT2D eigenvalue weighted by molar-refractivity contribution is 7.13. The number of esters is 1. The Morgan fingerprint density at radius 1 is 1.31 bits per heavy atom. The molecule has 0 spiro atoms. The Morgan fingerprint density at radius 3 is 2.97 bits per heavy atom. The van der Waals surface area contributed by atoms with Gasteiger partial charge in [0.1, 0.15) is 22.9 Å². The molecule has 1 N–H and O–H groups in total. The van der Waals surface area contributed by atoms with E-state index in [1.165, 1.54) is 23.5 Å². The molecule has 0 bridgehead atoms. The lowest BCUT2D eigenvalue weighted by atomic mass is 10.1. The second kappa shape index (κ2) is 7.84. The second-order valence-electron chi connectivity index (χ2n) is 6.40. The average molecular weight is 408 g/mol. The van der Waals surface area contributed by atoms with Crippen LogP contribution in [0.1, 0.15) is 16.8 Å². The van der Waals surface area contributed by atoms with E-state index in [0.29, 0.717) is 22.2 Å². The van der Waals surface area contributed by atoms with Gasteiger partial charge in [-0.3, -0.25) is 9.78 Å². The van der Waals surface area contributed by atoms with Gasteiger partial charge < -0.3 is 14.3 Å². The summed E-state index contributed by atoms with van der Waals surface area (Å²) in [5.74, 6) is -0.423. The molecule has 0 fully saturated rings. The van der Waals surface area contributed by atoms with Gasteiger partial charge in [-0.1, -0.05) is 0 Å². The number of phenolic OH excluding ortho intramolecular Hbond substituents is 1. The molecule has 4 aromatic rings. The summed E-state index contributed by atoms with van der Waals surface area (Å²) in [6.45, 7) is 1.57. The number of thiazole rings is 1. The first-order valence-electron chi connectivity index (χ1n) is 8.77. The molecule has 7 nitrogen and oxygen atoms in total. The number of aryl methyl sites for hydroxylation is 1. The Hall–Kier alpha value is -3.52. The van der Waals surface area contributed by atoms with Gasteiger partial charge in [0.25, 0.3) is 0 Å². The van der Waals surface area contributed by atoms with Gasteiger partial charge in [-0.25, -0.2) is 9.78 Å². The molecule has 3 heterocycles. The number of nitrogens with zero attached hydrogens (tertiary/aromatic N) is 2. The molecule has 0 unspecified atom stereocenters. The van der Waals surface area contributed by atoms with E-state index in [-0.39, 0.29) is 24.4 Å². The monoisotopic (exact) mass is 408 g/mol. The molecule has 0 aliphatic heterocycles. The van der Waals surface area contributed by atoms with Gasteiger partial charge in [-0.05, 0) is 31.2 Å². The minimum Gasteiger partial charge on any atom is -0.508 e. The van der Waals surface area contributed by atoms with E-state index < -0.39 is 11.6 Å². The third-order valence-corrected chi connectivity index (χ3v) is 5.33. The van der Waals surface area contributed by atoms with Gasteiger partial charge in [-0.15, -0.1) is 11.3 Å². The van der Waals surface area contributed by atoms with Crippen molar-refractivity contribution in [3.8, 4) is 16.3 Å². The summed E-state index contributed by atoms with van der Waals surface area (Å²) >= 11 is 1.43. The third-order valence-electron chi connectivity index (χ3n) is 4.39. The van der Waals surface area contributed by atoms with Crippen LogP contribution in [0.25, 0.3) is 21.5 Å². The van der Waals surface area contributed by atoms with Gasteiger partial charge in [0.05, 0.1) is 12.1 Å². The van der Waals surface area contributed by atoms with Crippen LogP contribution in [0, 0.1) is 6.92 Å². The SMILES string of the molecule is Cc1c(O)ccc2c(COC(=O)Cc3csc(-c4cccnc4)n3)cc(=O)oc12. The van der Waals surface area contributed by atoms with Crippen molar-refractivity contribution < 1.29 is 19.1 Å². The minimum atomic E-state index is -0.571. The normalized spacial score (nSPS) is 10.9. The van der Waals surface area contributed by atoms with E-state index >= 15 is 0 Å². The number of fused-ring (bicyclic) bond motifs is 1. The summed E-state index contributed by atoms with van der Waals surface area (Å²) in [5, 5.41) is 13.0. The number of carbonyl (C=O) groups is 1. The Kier molecular flexibility index (Phi) is 5.09. The van der Waals surface area contributed by atoms with Crippen LogP contribution in [0.2, 0.25) is 0 Å². The molecule has 0 atom stereocenters. The number of benzene rings is 1. The number of aromatic nitrogens is 2. The highest BCUT2D eigenvalue weighted by Gasteiger charge is 2.14. The van der Waals surface area contributed by atoms with Crippen molar-refractivity contribution in [2.75, 3.05) is 0 Å². The number of carbonyl (C=O) groups excluding carboxylic acids is 1. The van der Waals surface area contributed by atoms with Gasteiger partial charge in [-0.2, -0.15) is 0 Å². The van der Waals surface area contributed by atoms with Gasteiger partial charge in [0.15, 0.2) is 0 Å². The maximum atomic E-state index is 12.3. The van der Waals surface area contributed by atoms with Crippen molar-refractivity contribution in [2.24, 2.45) is 0 Å². The first-order chi connectivity index (χ1) is 14.0. The highest BCUT2D eigenvalue weighted by Crippen LogP contribution is 2.28. The summed E-state index contributed by atoms with van der Waals surface area (Å²) in [7, 11) is 0. The lowest BCUT2D eigenvalue weighted by Crippen LogP contribution is -2.10. The number of phenols is 1. The topological polar surface area (TPSA) is 103 Å². The predicted octanol–water partition coefficient (Wildman–Crippen LogP) is 3.61. The lowest BCUT2D eigenvalue weighted by molar-refractivity contribution is -0.144. The zero-order valence-electron chi connectivity index (χ0n) is 15.4. The number of aromatic hydroxyl groups is 1. The van der Waals surface area contributed by atoms with E-state index in [1.54, 1.807) is 25.4 Å². The fourth-order valence-corrected chi connectivity index (χ4v) is 3.71. The number of hydrogen-bond donors (Lipinski definition) is 1. The smallest absolute Gasteiger partial charge is 0.336 e. The zero-order chi connectivity index (χ0) is 20.4. The maximum Gasteiger partial charge on any atom is 0.336 e. The lowest BCUT2D eigenvalue weighted by Gasteiger charge is -2.09. The number of ether oxygens (including phenoxy) is 1.